The molecule has 2 heterocycles. The first-order valence-electron chi connectivity index (χ1n) is 6.63. The quantitative estimate of drug-likeness (QED) is 0.886. The van der Waals surface area contributed by atoms with Crippen LogP contribution in [0.15, 0.2) is 23.2 Å². The van der Waals surface area contributed by atoms with E-state index in [-0.39, 0.29) is 5.91 Å². The summed E-state index contributed by atoms with van der Waals surface area (Å²) in [5, 5.41) is 5.43. The number of carbonyl (C=O) groups excluding carboxylic acids is 1. The highest BCUT2D eigenvalue weighted by atomic mass is 35.5. The van der Waals surface area contributed by atoms with Crippen molar-refractivity contribution in [3.8, 4) is 0 Å². The number of amides is 1. The van der Waals surface area contributed by atoms with E-state index in [1.54, 1.807) is 23.5 Å². The number of thiazole rings is 1. The third kappa shape index (κ3) is 4.15. The average Bonchev–Trinajstić information content (AvgIpc) is 2.98. The largest absolute Gasteiger partial charge is 0.370 e. The van der Waals surface area contributed by atoms with Gasteiger partial charge in [-0.3, -0.25) is 4.79 Å². The van der Waals surface area contributed by atoms with E-state index in [0.29, 0.717) is 22.9 Å². The van der Waals surface area contributed by atoms with Crippen molar-refractivity contribution in [2.24, 2.45) is 0 Å². The summed E-state index contributed by atoms with van der Waals surface area (Å²) >= 11 is 7.61. The minimum Gasteiger partial charge on any atom is -0.370 e. The van der Waals surface area contributed by atoms with Crippen molar-refractivity contribution >= 4 is 34.7 Å². The number of aromatic nitrogens is 2. The SMILES string of the molecule is CCCNc1cc(C(=O)N(C)Cc2cscn2)c(Cl)cn1. The maximum Gasteiger partial charge on any atom is 0.255 e. The molecule has 2 aromatic heterocycles. The lowest BCUT2D eigenvalue weighted by Crippen LogP contribution is -2.26. The molecule has 0 fully saturated rings. The van der Waals surface area contributed by atoms with Gasteiger partial charge < -0.3 is 10.2 Å². The second kappa shape index (κ2) is 7.38. The minimum absolute atomic E-state index is 0.144. The Bertz CT molecular complexity index is 603. The molecule has 2 rings (SSSR count). The Hall–Kier alpha value is -1.66. The van der Waals surface area contributed by atoms with Crippen molar-refractivity contribution in [2.45, 2.75) is 19.9 Å². The van der Waals surface area contributed by atoms with Crippen LogP contribution in [0, 0.1) is 0 Å². The Morgan fingerprint density at radius 3 is 2.95 bits per heavy atom. The van der Waals surface area contributed by atoms with Crippen molar-refractivity contribution in [2.75, 3.05) is 18.9 Å². The number of nitrogens with one attached hydrogen (secondary N) is 1. The first kappa shape index (κ1) is 15.7. The summed E-state index contributed by atoms with van der Waals surface area (Å²) in [5.74, 6) is 0.515. The minimum atomic E-state index is -0.144. The molecular formula is C14H17ClN4OS. The van der Waals surface area contributed by atoms with E-state index >= 15 is 0 Å². The van der Waals surface area contributed by atoms with Crippen LogP contribution in [-0.4, -0.2) is 34.4 Å². The molecule has 1 N–H and O–H groups in total. The van der Waals surface area contributed by atoms with E-state index in [2.05, 4.69) is 22.2 Å². The molecule has 1 amide bonds. The van der Waals surface area contributed by atoms with Crippen LogP contribution < -0.4 is 5.32 Å². The molecule has 0 atom stereocenters. The maximum absolute atomic E-state index is 12.5. The Balaban J connectivity index is 2.13. The van der Waals surface area contributed by atoms with Gasteiger partial charge in [0.2, 0.25) is 0 Å². The number of hydrogen-bond donors (Lipinski definition) is 1. The molecule has 2 aromatic rings. The van der Waals surface area contributed by atoms with Crippen LogP contribution >= 0.6 is 22.9 Å². The van der Waals surface area contributed by atoms with Crippen molar-refractivity contribution in [1.82, 2.24) is 14.9 Å². The zero-order valence-electron chi connectivity index (χ0n) is 12.0. The van der Waals surface area contributed by atoms with Gasteiger partial charge in [-0.2, -0.15) is 0 Å². The van der Waals surface area contributed by atoms with Crippen molar-refractivity contribution in [3.63, 3.8) is 0 Å². The summed E-state index contributed by atoms with van der Waals surface area (Å²) in [6.45, 7) is 3.33. The van der Waals surface area contributed by atoms with Gasteiger partial charge in [0.25, 0.3) is 5.91 Å². The van der Waals surface area contributed by atoms with Gasteiger partial charge in [-0.25, -0.2) is 9.97 Å². The van der Waals surface area contributed by atoms with Crippen LogP contribution in [0.25, 0.3) is 0 Å². The summed E-state index contributed by atoms with van der Waals surface area (Å²) in [5.41, 5.74) is 3.06. The van der Waals surface area contributed by atoms with E-state index in [4.69, 9.17) is 11.6 Å². The number of rotatable bonds is 6. The van der Waals surface area contributed by atoms with E-state index in [9.17, 15) is 4.79 Å². The fraction of sp³-hybridized carbons (Fsp3) is 0.357. The van der Waals surface area contributed by atoms with Crippen LogP contribution in [0.4, 0.5) is 5.82 Å². The topological polar surface area (TPSA) is 58.1 Å². The molecule has 112 valence electrons. The van der Waals surface area contributed by atoms with Crippen LogP contribution in [-0.2, 0) is 6.54 Å². The monoisotopic (exact) mass is 324 g/mol. The van der Waals surface area contributed by atoms with Crippen molar-refractivity contribution in [3.05, 3.63) is 39.4 Å². The summed E-state index contributed by atoms with van der Waals surface area (Å²) in [7, 11) is 1.73. The Kier molecular flexibility index (Phi) is 5.52. The van der Waals surface area contributed by atoms with Gasteiger partial charge in [0.15, 0.2) is 0 Å². The summed E-state index contributed by atoms with van der Waals surface area (Å²) in [6, 6.07) is 1.69. The molecule has 0 aliphatic rings. The van der Waals surface area contributed by atoms with Gasteiger partial charge in [-0.05, 0) is 12.5 Å². The molecule has 0 saturated carbocycles. The van der Waals surface area contributed by atoms with E-state index in [1.807, 2.05) is 5.38 Å². The Labute approximate surface area is 133 Å². The fourth-order valence-electron chi connectivity index (χ4n) is 1.79. The van der Waals surface area contributed by atoms with Gasteiger partial charge in [0, 0.05) is 25.2 Å². The summed E-state index contributed by atoms with van der Waals surface area (Å²) < 4.78 is 0. The number of carbonyl (C=O) groups is 1. The third-order valence-corrected chi connectivity index (χ3v) is 3.81. The lowest BCUT2D eigenvalue weighted by molar-refractivity contribution is 0.0784. The molecule has 7 heteroatoms. The maximum atomic E-state index is 12.5. The second-order valence-electron chi connectivity index (χ2n) is 4.62. The Morgan fingerprint density at radius 1 is 1.48 bits per heavy atom. The second-order valence-corrected chi connectivity index (χ2v) is 5.74. The van der Waals surface area contributed by atoms with E-state index < -0.39 is 0 Å². The molecule has 0 aliphatic carbocycles. The van der Waals surface area contributed by atoms with Gasteiger partial charge in [0.05, 0.1) is 28.3 Å². The van der Waals surface area contributed by atoms with Gasteiger partial charge in [-0.1, -0.05) is 18.5 Å². The van der Waals surface area contributed by atoms with Crippen LogP contribution in [0.3, 0.4) is 0 Å². The van der Waals surface area contributed by atoms with E-state index in [0.717, 1.165) is 18.7 Å². The third-order valence-electron chi connectivity index (χ3n) is 2.87. The number of nitrogens with zero attached hydrogens (tertiary/aromatic N) is 3. The molecule has 0 spiro atoms. The molecule has 0 aromatic carbocycles. The highest BCUT2D eigenvalue weighted by molar-refractivity contribution is 7.07. The van der Waals surface area contributed by atoms with Gasteiger partial charge in [0.1, 0.15) is 5.82 Å². The van der Waals surface area contributed by atoms with Gasteiger partial charge in [-0.15, -0.1) is 11.3 Å². The fourth-order valence-corrected chi connectivity index (χ4v) is 2.52. The van der Waals surface area contributed by atoms with Gasteiger partial charge >= 0.3 is 0 Å². The number of anilines is 1. The summed E-state index contributed by atoms with van der Waals surface area (Å²) in [6.07, 6.45) is 2.49. The van der Waals surface area contributed by atoms with Crippen LogP contribution in [0.1, 0.15) is 29.4 Å². The number of halogens is 1. The molecule has 5 nitrogen and oxygen atoms in total. The zero-order valence-corrected chi connectivity index (χ0v) is 13.5. The normalized spacial score (nSPS) is 10.4. The molecule has 21 heavy (non-hydrogen) atoms. The van der Waals surface area contributed by atoms with Crippen molar-refractivity contribution < 1.29 is 4.79 Å². The molecule has 0 bridgehead atoms. The smallest absolute Gasteiger partial charge is 0.255 e. The summed E-state index contributed by atoms with van der Waals surface area (Å²) in [4.78, 5) is 22.4. The molecular weight excluding hydrogens is 308 g/mol. The van der Waals surface area contributed by atoms with E-state index in [1.165, 1.54) is 17.5 Å². The highest BCUT2D eigenvalue weighted by Crippen LogP contribution is 2.20. The molecule has 0 saturated heterocycles. The highest BCUT2D eigenvalue weighted by Gasteiger charge is 2.17. The average molecular weight is 325 g/mol. The standard InChI is InChI=1S/C14H17ClN4OS/c1-3-4-16-13-5-11(12(15)6-17-13)14(20)19(2)7-10-8-21-9-18-10/h5-6,8-9H,3-4,7H2,1-2H3,(H,16,17). The number of hydrogen-bond acceptors (Lipinski definition) is 5. The van der Waals surface area contributed by atoms with Crippen LogP contribution in [0.5, 0.6) is 0 Å². The predicted octanol–water partition coefficient (Wildman–Crippen LogP) is 3.29. The molecule has 0 aliphatic heterocycles. The first-order valence-corrected chi connectivity index (χ1v) is 7.95. The lowest BCUT2D eigenvalue weighted by Gasteiger charge is -2.17. The zero-order chi connectivity index (χ0) is 15.2. The Morgan fingerprint density at radius 2 is 2.29 bits per heavy atom. The van der Waals surface area contributed by atoms with Crippen LogP contribution in [0.2, 0.25) is 5.02 Å². The predicted molar refractivity (Wildman–Crippen MR) is 85.9 cm³/mol. The first-order chi connectivity index (χ1) is 10.1. The van der Waals surface area contributed by atoms with Crippen molar-refractivity contribution in [1.29, 1.82) is 0 Å². The number of pyridine rings is 1. The lowest BCUT2D eigenvalue weighted by atomic mass is 10.2. The molecule has 0 unspecified atom stereocenters. The molecule has 0 radical (unpaired) electrons.